The zero-order valence-electron chi connectivity index (χ0n) is 6.67. The molecule has 1 aromatic carbocycles. The van der Waals surface area contributed by atoms with E-state index in [9.17, 15) is 4.79 Å². The summed E-state index contributed by atoms with van der Waals surface area (Å²) in [6.45, 7) is 1.86. The second-order valence-electron chi connectivity index (χ2n) is 2.44. The predicted molar refractivity (Wildman–Crippen MR) is 61.0 cm³/mol. The zero-order valence-corrected chi connectivity index (χ0v) is 9.72. The zero-order chi connectivity index (χ0) is 9.14. The molecule has 0 bridgehead atoms. The van der Waals surface area contributed by atoms with Gasteiger partial charge in [0.25, 0.3) is 0 Å². The fourth-order valence-corrected chi connectivity index (χ4v) is 1.54. The van der Waals surface area contributed by atoms with E-state index in [4.69, 9.17) is 0 Å². The van der Waals surface area contributed by atoms with Crippen molar-refractivity contribution in [3.63, 3.8) is 0 Å². The predicted octanol–water partition coefficient (Wildman–Crippen LogP) is 3.17. The third kappa shape index (κ3) is 2.23. The Morgan fingerprint density at radius 1 is 1.58 bits per heavy atom. The molecule has 0 unspecified atom stereocenters. The van der Waals surface area contributed by atoms with Crippen molar-refractivity contribution in [2.75, 3.05) is 0 Å². The van der Waals surface area contributed by atoms with Crippen LogP contribution in [0.15, 0.2) is 23.1 Å². The summed E-state index contributed by atoms with van der Waals surface area (Å²) in [4.78, 5) is 12.2. The van der Waals surface area contributed by atoms with Gasteiger partial charge in [0.05, 0.1) is 0 Å². The third-order valence-corrected chi connectivity index (χ3v) is 3.30. The maximum atomic E-state index is 11.2. The third-order valence-electron chi connectivity index (χ3n) is 1.59. The highest BCUT2D eigenvalue weighted by atomic mass is 127. The molecular weight excluding hydrogens is 283 g/mol. The minimum atomic E-state index is 0.182. The summed E-state index contributed by atoms with van der Waals surface area (Å²) in [5, 5.41) is 0. The van der Waals surface area contributed by atoms with Crippen LogP contribution in [0.1, 0.15) is 23.7 Å². The van der Waals surface area contributed by atoms with Crippen molar-refractivity contribution in [2.45, 2.75) is 18.2 Å². The van der Waals surface area contributed by atoms with Crippen molar-refractivity contribution in [1.82, 2.24) is 0 Å². The van der Waals surface area contributed by atoms with Crippen LogP contribution in [0.4, 0.5) is 0 Å². The first-order valence-corrected chi connectivity index (χ1v) is 5.19. The largest absolute Gasteiger partial charge is 0.294 e. The molecule has 0 saturated heterocycles. The number of rotatable bonds is 2. The van der Waals surface area contributed by atoms with Crippen molar-refractivity contribution in [1.29, 1.82) is 0 Å². The monoisotopic (exact) mass is 292 g/mol. The number of carbonyl (C=O) groups is 1. The number of ketones is 1. The molecule has 0 aliphatic heterocycles. The van der Waals surface area contributed by atoms with E-state index in [0.717, 1.165) is 14.0 Å². The first-order valence-electron chi connectivity index (χ1n) is 3.67. The van der Waals surface area contributed by atoms with E-state index < -0.39 is 0 Å². The Balaban J connectivity index is 3.05. The standard InChI is InChI=1S/C9H9IOS/c1-2-8(11)6-3-4-9(12)7(10)5-6/h3-5,12H,2H2,1H3. The molecule has 12 heavy (non-hydrogen) atoms. The maximum Gasteiger partial charge on any atom is 0.162 e. The van der Waals surface area contributed by atoms with E-state index in [1.165, 1.54) is 0 Å². The van der Waals surface area contributed by atoms with Crippen LogP contribution in [-0.2, 0) is 0 Å². The Morgan fingerprint density at radius 3 is 2.75 bits per heavy atom. The first kappa shape index (κ1) is 10.1. The molecule has 1 nitrogen and oxygen atoms in total. The van der Waals surface area contributed by atoms with Gasteiger partial charge in [-0.2, -0.15) is 0 Å². The smallest absolute Gasteiger partial charge is 0.162 e. The minimum absolute atomic E-state index is 0.182. The number of Topliss-reactive ketones (excluding diaryl/α,β-unsaturated/α-hetero) is 1. The van der Waals surface area contributed by atoms with Gasteiger partial charge in [0.1, 0.15) is 0 Å². The van der Waals surface area contributed by atoms with Crippen LogP contribution in [-0.4, -0.2) is 5.78 Å². The number of hydrogen-bond acceptors (Lipinski definition) is 2. The van der Waals surface area contributed by atoms with E-state index in [2.05, 4.69) is 35.2 Å². The Hall–Kier alpha value is -0.0300. The van der Waals surface area contributed by atoms with Crippen molar-refractivity contribution in [3.05, 3.63) is 27.3 Å². The van der Waals surface area contributed by atoms with Crippen molar-refractivity contribution >= 4 is 41.0 Å². The van der Waals surface area contributed by atoms with E-state index in [1.807, 2.05) is 25.1 Å². The molecule has 0 fully saturated rings. The molecule has 0 heterocycles. The number of halogens is 1. The molecule has 3 heteroatoms. The normalized spacial score (nSPS) is 9.92. The number of carbonyl (C=O) groups excluding carboxylic acids is 1. The summed E-state index contributed by atoms with van der Waals surface area (Å²) in [6, 6.07) is 5.54. The summed E-state index contributed by atoms with van der Waals surface area (Å²) in [6.07, 6.45) is 0.558. The Morgan fingerprint density at radius 2 is 2.25 bits per heavy atom. The van der Waals surface area contributed by atoms with Gasteiger partial charge in [-0.05, 0) is 34.7 Å². The highest BCUT2D eigenvalue weighted by Gasteiger charge is 2.04. The molecule has 0 radical (unpaired) electrons. The minimum Gasteiger partial charge on any atom is -0.294 e. The van der Waals surface area contributed by atoms with Crippen LogP contribution in [0.3, 0.4) is 0 Å². The van der Waals surface area contributed by atoms with Gasteiger partial charge in [-0.3, -0.25) is 4.79 Å². The lowest BCUT2D eigenvalue weighted by Gasteiger charge is -2.00. The fraction of sp³-hybridized carbons (Fsp3) is 0.222. The van der Waals surface area contributed by atoms with Crippen LogP contribution in [0.25, 0.3) is 0 Å². The molecule has 0 N–H and O–H groups in total. The highest BCUT2D eigenvalue weighted by molar-refractivity contribution is 14.1. The number of hydrogen-bond donors (Lipinski definition) is 1. The van der Waals surface area contributed by atoms with Crippen LogP contribution in [0.5, 0.6) is 0 Å². The summed E-state index contributed by atoms with van der Waals surface area (Å²) >= 11 is 6.40. The second-order valence-corrected chi connectivity index (χ2v) is 4.09. The molecular formula is C9H9IOS. The molecule has 0 atom stereocenters. The van der Waals surface area contributed by atoms with Gasteiger partial charge in [-0.15, -0.1) is 12.6 Å². The Kier molecular flexibility index (Phi) is 3.58. The van der Waals surface area contributed by atoms with E-state index in [-0.39, 0.29) is 5.78 Å². The van der Waals surface area contributed by atoms with Gasteiger partial charge >= 0.3 is 0 Å². The van der Waals surface area contributed by atoms with Crippen molar-refractivity contribution in [3.8, 4) is 0 Å². The lowest BCUT2D eigenvalue weighted by molar-refractivity contribution is 0.0988. The first-order chi connectivity index (χ1) is 5.65. The van der Waals surface area contributed by atoms with E-state index >= 15 is 0 Å². The number of benzene rings is 1. The van der Waals surface area contributed by atoms with Gasteiger partial charge in [0.2, 0.25) is 0 Å². The average Bonchev–Trinajstić information content (AvgIpc) is 2.08. The molecule has 0 amide bonds. The highest BCUT2D eigenvalue weighted by Crippen LogP contribution is 2.18. The fourth-order valence-electron chi connectivity index (χ4n) is 0.884. The number of thiol groups is 1. The van der Waals surface area contributed by atoms with Crippen molar-refractivity contribution in [2.24, 2.45) is 0 Å². The lowest BCUT2D eigenvalue weighted by Crippen LogP contribution is -1.96. The van der Waals surface area contributed by atoms with Gasteiger partial charge in [-0.1, -0.05) is 13.0 Å². The molecule has 0 aliphatic carbocycles. The SMILES string of the molecule is CCC(=O)c1ccc(S)c(I)c1. The summed E-state index contributed by atoms with van der Waals surface area (Å²) in [5.74, 6) is 0.182. The van der Waals surface area contributed by atoms with Crippen LogP contribution in [0, 0.1) is 3.57 Å². The van der Waals surface area contributed by atoms with E-state index in [1.54, 1.807) is 0 Å². The average molecular weight is 292 g/mol. The molecule has 0 spiro atoms. The Bertz CT molecular complexity index is 309. The molecule has 0 aliphatic rings. The summed E-state index contributed by atoms with van der Waals surface area (Å²) in [7, 11) is 0. The summed E-state index contributed by atoms with van der Waals surface area (Å²) in [5.41, 5.74) is 0.778. The maximum absolute atomic E-state index is 11.2. The second kappa shape index (κ2) is 4.28. The van der Waals surface area contributed by atoms with Crippen LogP contribution >= 0.6 is 35.2 Å². The summed E-state index contributed by atoms with van der Waals surface area (Å²) < 4.78 is 1.02. The lowest BCUT2D eigenvalue weighted by atomic mass is 10.1. The van der Waals surface area contributed by atoms with Crippen LogP contribution in [0.2, 0.25) is 0 Å². The van der Waals surface area contributed by atoms with Gasteiger partial charge in [-0.25, -0.2) is 0 Å². The van der Waals surface area contributed by atoms with Gasteiger partial charge in [0, 0.05) is 20.4 Å². The van der Waals surface area contributed by atoms with Gasteiger partial charge < -0.3 is 0 Å². The molecule has 0 aromatic heterocycles. The molecule has 1 aromatic rings. The quantitative estimate of drug-likeness (QED) is 0.503. The molecule has 64 valence electrons. The van der Waals surface area contributed by atoms with Crippen molar-refractivity contribution < 1.29 is 4.79 Å². The Labute approximate surface area is 91.1 Å². The molecule has 0 saturated carbocycles. The topological polar surface area (TPSA) is 17.1 Å². The van der Waals surface area contributed by atoms with Gasteiger partial charge in [0.15, 0.2) is 5.78 Å². The van der Waals surface area contributed by atoms with Crippen LogP contribution < -0.4 is 0 Å². The van der Waals surface area contributed by atoms with E-state index in [0.29, 0.717) is 6.42 Å². The molecule has 1 rings (SSSR count).